The van der Waals surface area contributed by atoms with Gasteiger partial charge in [-0.3, -0.25) is 0 Å². The van der Waals surface area contributed by atoms with Gasteiger partial charge < -0.3 is 4.18 Å². The summed E-state index contributed by atoms with van der Waals surface area (Å²) in [6.45, 7) is 6.42. The topological polar surface area (TPSA) is 43.4 Å². The number of rotatable bonds is 3. The predicted molar refractivity (Wildman–Crippen MR) is 65.0 cm³/mol. The van der Waals surface area contributed by atoms with Gasteiger partial charge in [-0.2, -0.15) is 8.42 Å². The molecule has 90 valence electrons. The second-order valence-electron chi connectivity index (χ2n) is 4.86. The highest BCUT2D eigenvalue weighted by Gasteiger charge is 2.12. The summed E-state index contributed by atoms with van der Waals surface area (Å²) in [5, 5.41) is 0. The second-order valence-corrected chi connectivity index (χ2v) is 6.94. The molecule has 0 aliphatic heterocycles. The summed E-state index contributed by atoms with van der Waals surface area (Å²) in [5.74, 6) is 0.229. The maximum Gasteiger partial charge on any atom is 0.401 e. The molecular formula is C11H15ClO3S. The van der Waals surface area contributed by atoms with E-state index in [0.717, 1.165) is 12.0 Å². The minimum atomic E-state index is -3.95. The van der Waals surface area contributed by atoms with Gasteiger partial charge in [0, 0.05) is 0 Å². The summed E-state index contributed by atoms with van der Waals surface area (Å²) in [7, 11) is 1.01. The lowest BCUT2D eigenvalue weighted by Crippen LogP contribution is -2.09. The van der Waals surface area contributed by atoms with E-state index in [1.807, 2.05) is 12.1 Å². The lowest BCUT2D eigenvalue weighted by Gasteiger charge is -2.18. The van der Waals surface area contributed by atoms with Crippen molar-refractivity contribution >= 4 is 20.0 Å². The molecule has 1 aromatic carbocycles. The van der Waals surface area contributed by atoms with Gasteiger partial charge in [0.1, 0.15) is 5.75 Å². The van der Waals surface area contributed by atoms with Crippen LogP contribution in [0.5, 0.6) is 5.75 Å². The zero-order valence-electron chi connectivity index (χ0n) is 9.53. The zero-order valence-corrected chi connectivity index (χ0v) is 11.1. The average Bonchev–Trinajstić information content (AvgIpc) is 2.03. The lowest BCUT2D eigenvalue weighted by molar-refractivity contribution is 0.411. The molecule has 0 amide bonds. The number of hydrogen-bond acceptors (Lipinski definition) is 3. The van der Waals surface area contributed by atoms with Gasteiger partial charge in [0.2, 0.25) is 0 Å². The first-order chi connectivity index (χ1) is 7.16. The summed E-state index contributed by atoms with van der Waals surface area (Å²) in [6.07, 6.45) is 0.918. The standard InChI is InChI=1S/C11H15ClO3S/c1-11(2,3)8-9-4-6-10(7-5-9)15-16(12,13)14/h4-7H,8H2,1-3H3. The molecule has 0 atom stereocenters. The highest BCUT2D eigenvalue weighted by atomic mass is 35.7. The van der Waals surface area contributed by atoms with E-state index in [-0.39, 0.29) is 11.2 Å². The lowest BCUT2D eigenvalue weighted by atomic mass is 9.88. The molecule has 0 radical (unpaired) electrons. The maximum atomic E-state index is 10.7. The smallest absolute Gasteiger partial charge is 0.371 e. The van der Waals surface area contributed by atoms with Crippen molar-refractivity contribution in [3.05, 3.63) is 29.8 Å². The number of halogens is 1. The summed E-state index contributed by atoms with van der Waals surface area (Å²) >= 11 is 0. The van der Waals surface area contributed by atoms with E-state index in [9.17, 15) is 8.42 Å². The van der Waals surface area contributed by atoms with Crippen molar-refractivity contribution < 1.29 is 12.6 Å². The first-order valence-electron chi connectivity index (χ1n) is 4.89. The van der Waals surface area contributed by atoms with Crippen LogP contribution < -0.4 is 4.18 Å². The number of benzene rings is 1. The third-order valence-corrected chi connectivity index (χ3v) is 2.43. The van der Waals surface area contributed by atoms with Crippen molar-refractivity contribution in [1.82, 2.24) is 0 Å². The fourth-order valence-electron chi connectivity index (χ4n) is 1.39. The molecule has 3 nitrogen and oxygen atoms in total. The van der Waals surface area contributed by atoms with Crippen molar-refractivity contribution in [3.8, 4) is 5.75 Å². The molecule has 0 bridgehead atoms. The van der Waals surface area contributed by atoms with Crippen LogP contribution in [0.25, 0.3) is 0 Å². The molecule has 0 aliphatic rings. The number of hydrogen-bond donors (Lipinski definition) is 0. The minimum Gasteiger partial charge on any atom is -0.371 e. The van der Waals surface area contributed by atoms with E-state index >= 15 is 0 Å². The normalized spacial score (nSPS) is 12.5. The van der Waals surface area contributed by atoms with Crippen molar-refractivity contribution in [1.29, 1.82) is 0 Å². The van der Waals surface area contributed by atoms with Crippen LogP contribution in [0.2, 0.25) is 0 Å². The molecule has 0 aromatic heterocycles. The SMILES string of the molecule is CC(C)(C)Cc1ccc(OS(=O)(=O)Cl)cc1. The molecule has 0 aliphatic carbocycles. The molecule has 0 heterocycles. The summed E-state index contributed by atoms with van der Waals surface area (Å²) in [5.41, 5.74) is 1.33. The van der Waals surface area contributed by atoms with E-state index in [4.69, 9.17) is 10.7 Å². The van der Waals surface area contributed by atoms with E-state index in [0.29, 0.717) is 0 Å². The Labute approximate surface area is 101 Å². The van der Waals surface area contributed by atoms with Crippen molar-refractivity contribution in [2.75, 3.05) is 0 Å². The molecule has 0 saturated heterocycles. The molecule has 16 heavy (non-hydrogen) atoms. The Morgan fingerprint density at radius 2 is 1.69 bits per heavy atom. The van der Waals surface area contributed by atoms with Gasteiger partial charge in [-0.05, 0) is 29.5 Å². The summed E-state index contributed by atoms with van der Waals surface area (Å²) in [6, 6.07) is 6.87. The predicted octanol–water partition coefficient (Wildman–Crippen LogP) is 3.14. The molecular weight excluding hydrogens is 248 g/mol. The zero-order chi connectivity index (χ0) is 12.4. The van der Waals surface area contributed by atoms with Crippen molar-refractivity contribution in [2.24, 2.45) is 5.41 Å². The van der Waals surface area contributed by atoms with Gasteiger partial charge in [0.25, 0.3) is 0 Å². The van der Waals surface area contributed by atoms with E-state index in [1.54, 1.807) is 12.1 Å². The Kier molecular flexibility index (Phi) is 3.86. The van der Waals surface area contributed by atoms with Gasteiger partial charge in [-0.15, -0.1) is 0 Å². The molecule has 5 heteroatoms. The van der Waals surface area contributed by atoms with Gasteiger partial charge in [0.15, 0.2) is 0 Å². The van der Waals surface area contributed by atoms with Gasteiger partial charge >= 0.3 is 9.33 Å². The fraction of sp³-hybridized carbons (Fsp3) is 0.455. The van der Waals surface area contributed by atoms with Gasteiger partial charge in [-0.1, -0.05) is 32.9 Å². The van der Waals surface area contributed by atoms with Crippen LogP contribution in [-0.4, -0.2) is 8.42 Å². The first-order valence-corrected chi connectivity index (χ1v) is 7.12. The molecule has 0 unspecified atom stereocenters. The third-order valence-electron chi connectivity index (χ3n) is 1.85. The van der Waals surface area contributed by atoms with Crippen LogP contribution in [0.1, 0.15) is 26.3 Å². The Morgan fingerprint density at radius 1 is 1.19 bits per heavy atom. The minimum absolute atomic E-state index is 0.195. The maximum absolute atomic E-state index is 10.7. The monoisotopic (exact) mass is 262 g/mol. The largest absolute Gasteiger partial charge is 0.401 e. The van der Waals surface area contributed by atoms with Gasteiger partial charge in [0.05, 0.1) is 10.7 Å². The molecule has 0 saturated carbocycles. The van der Waals surface area contributed by atoms with Crippen molar-refractivity contribution in [3.63, 3.8) is 0 Å². The van der Waals surface area contributed by atoms with E-state index in [1.165, 1.54) is 0 Å². The molecule has 1 rings (SSSR count). The summed E-state index contributed by atoms with van der Waals surface area (Å²) < 4.78 is 25.8. The van der Waals surface area contributed by atoms with E-state index in [2.05, 4.69) is 25.0 Å². The first kappa shape index (κ1) is 13.3. The molecule has 0 spiro atoms. The summed E-state index contributed by atoms with van der Waals surface area (Å²) in [4.78, 5) is 0. The van der Waals surface area contributed by atoms with Crippen LogP contribution >= 0.6 is 10.7 Å². The van der Waals surface area contributed by atoms with Crippen LogP contribution in [0.4, 0.5) is 0 Å². The Hall–Kier alpha value is -0.740. The van der Waals surface area contributed by atoms with Crippen LogP contribution in [0.15, 0.2) is 24.3 Å². The van der Waals surface area contributed by atoms with Gasteiger partial charge in [-0.25, -0.2) is 0 Å². The van der Waals surface area contributed by atoms with Crippen LogP contribution in [-0.2, 0) is 15.8 Å². The average molecular weight is 263 g/mol. The fourth-order valence-corrected chi connectivity index (χ4v) is 1.95. The second kappa shape index (κ2) is 4.63. The van der Waals surface area contributed by atoms with Crippen LogP contribution in [0, 0.1) is 5.41 Å². The Balaban J connectivity index is 2.76. The Bertz CT molecular complexity index is 443. The highest BCUT2D eigenvalue weighted by Crippen LogP contribution is 2.23. The molecule has 1 aromatic rings. The highest BCUT2D eigenvalue weighted by molar-refractivity contribution is 8.10. The quantitative estimate of drug-likeness (QED) is 0.786. The molecule has 0 N–H and O–H groups in total. The molecule has 0 fully saturated rings. The van der Waals surface area contributed by atoms with Crippen molar-refractivity contribution in [2.45, 2.75) is 27.2 Å². The van der Waals surface area contributed by atoms with Crippen LogP contribution in [0.3, 0.4) is 0 Å². The third kappa shape index (κ3) is 5.37. The van der Waals surface area contributed by atoms with E-state index < -0.39 is 9.33 Å². The Morgan fingerprint density at radius 3 is 2.06 bits per heavy atom.